The quantitative estimate of drug-likeness (QED) is 0.869. The van der Waals surface area contributed by atoms with E-state index < -0.39 is 0 Å². The molecular formula is C19H25N3O3. The van der Waals surface area contributed by atoms with E-state index >= 15 is 0 Å². The van der Waals surface area contributed by atoms with Gasteiger partial charge in [-0.1, -0.05) is 12.1 Å². The molecule has 1 aromatic rings. The van der Waals surface area contributed by atoms with E-state index in [9.17, 15) is 9.90 Å². The van der Waals surface area contributed by atoms with E-state index in [1.807, 2.05) is 17.0 Å². The molecule has 3 rings (SSSR count). The highest BCUT2D eigenvalue weighted by Gasteiger charge is 2.33. The molecule has 2 atom stereocenters. The lowest BCUT2D eigenvalue weighted by Gasteiger charge is -2.39. The minimum atomic E-state index is -0.213. The Morgan fingerprint density at radius 1 is 1.20 bits per heavy atom. The fourth-order valence-corrected chi connectivity index (χ4v) is 3.68. The largest absolute Gasteiger partial charge is 0.484 e. The van der Waals surface area contributed by atoms with E-state index in [4.69, 9.17) is 10.00 Å². The Hall–Kier alpha value is -2.10. The van der Waals surface area contributed by atoms with Gasteiger partial charge in [0.25, 0.3) is 5.91 Å². The SMILES string of the molecule is N#CCc1ccc(OCC(=O)N2CCN([C@H]3CCC[C@@H]3O)CC2)cc1. The average molecular weight is 343 g/mol. The van der Waals surface area contributed by atoms with Crippen LogP contribution in [0.3, 0.4) is 0 Å². The summed E-state index contributed by atoms with van der Waals surface area (Å²) < 4.78 is 5.57. The van der Waals surface area contributed by atoms with Crippen LogP contribution in [0.4, 0.5) is 0 Å². The Kier molecular flexibility index (Phi) is 5.90. The summed E-state index contributed by atoms with van der Waals surface area (Å²) in [7, 11) is 0. The Bertz CT molecular complexity index is 618. The highest BCUT2D eigenvalue weighted by molar-refractivity contribution is 5.77. The summed E-state index contributed by atoms with van der Waals surface area (Å²) in [6.45, 7) is 3.04. The molecule has 0 aromatic heterocycles. The summed E-state index contributed by atoms with van der Waals surface area (Å²) in [6.07, 6.45) is 3.20. The van der Waals surface area contributed by atoms with Gasteiger partial charge in [-0.15, -0.1) is 0 Å². The minimum absolute atomic E-state index is 0.00674. The number of hydrogen-bond donors (Lipinski definition) is 1. The molecule has 1 N–H and O–H groups in total. The summed E-state index contributed by atoms with van der Waals surface area (Å²) >= 11 is 0. The van der Waals surface area contributed by atoms with Gasteiger partial charge in [0.05, 0.1) is 18.6 Å². The first-order valence-electron chi connectivity index (χ1n) is 8.96. The molecule has 6 nitrogen and oxygen atoms in total. The molecule has 0 spiro atoms. The van der Waals surface area contributed by atoms with Gasteiger partial charge in [0.15, 0.2) is 6.61 Å². The van der Waals surface area contributed by atoms with Gasteiger partial charge in [0.2, 0.25) is 0 Å². The van der Waals surface area contributed by atoms with Crippen molar-refractivity contribution in [3.63, 3.8) is 0 Å². The second kappa shape index (κ2) is 8.32. The Labute approximate surface area is 148 Å². The van der Waals surface area contributed by atoms with Gasteiger partial charge in [-0.25, -0.2) is 0 Å². The van der Waals surface area contributed by atoms with Crippen LogP contribution in [0.5, 0.6) is 5.75 Å². The lowest BCUT2D eigenvalue weighted by atomic mass is 10.1. The smallest absolute Gasteiger partial charge is 0.260 e. The maximum Gasteiger partial charge on any atom is 0.260 e. The maximum absolute atomic E-state index is 12.3. The second-order valence-corrected chi connectivity index (χ2v) is 6.75. The Morgan fingerprint density at radius 3 is 2.52 bits per heavy atom. The lowest BCUT2D eigenvalue weighted by Crippen LogP contribution is -2.54. The first-order valence-corrected chi connectivity index (χ1v) is 8.96. The molecule has 25 heavy (non-hydrogen) atoms. The van der Waals surface area contributed by atoms with Gasteiger partial charge >= 0.3 is 0 Å². The van der Waals surface area contributed by atoms with Crippen LogP contribution in [-0.4, -0.2) is 65.7 Å². The van der Waals surface area contributed by atoms with Gasteiger partial charge in [0.1, 0.15) is 5.75 Å². The zero-order valence-electron chi connectivity index (χ0n) is 14.4. The maximum atomic E-state index is 12.3. The molecule has 0 radical (unpaired) electrons. The van der Waals surface area contributed by atoms with Crippen molar-refractivity contribution < 1.29 is 14.6 Å². The predicted octanol–water partition coefficient (Wildman–Crippen LogP) is 1.19. The van der Waals surface area contributed by atoms with Crippen molar-refractivity contribution in [3.8, 4) is 11.8 Å². The summed E-state index contributed by atoms with van der Waals surface area (Å²) in [6, 6.07) is 9.63. The third-order valence-electron chi connectivity index (χ3n) is 5.15. The molecule has 2 aliphatic rings. The summed E-state index contributed by atoms with van der Waals surface area (Å²) in [5.41, 5.74) is 0.936. The molecule has 1 aromatic carbocycles. The first-order chi connectivity index (χ1) is 12.2. The molecule has 134 valence electrons. The van der Waals surface area contributed by atoms with E-state index in [2.05, 4.69) is 11.0 Å². The number of aliphatic hydroxyl groups is 1. The number of nitriles is 1. The second-order valence-electron chi connectivity index (χ2n) is 6.75. The van der Waals surface area contributed by atoms with E-state index in [0.29, 0.717) is 25.3 Å². The van der Waals surface area contributed by atoms with Crippen molar-refractivity contribution in [2.75, 3.05) is 32.8 Å². The van der Waals surface area contributed by atoms with E-state index in [-0.39, 0.29) is 24.7 Å². The Morgan fingerprint density at radius 2 is 1.92 bits per heavy atom. The third-order valence-corrected chi connectivity index (χ3v) is 5.15. The number of ether oxygens (including phenoxy) is 1. The molecule has 1 aliphatic carbocycles. The Balaban J connectivity index is 1.42. The van der Waals surface area contributed by atoms with Crippen LogP contribution in [0.25, 0.3) is 0 Å². The van der Waals surface area contributed by atoms with Gasteiger partial charge in [-0.3, -0.25) is 9.69 Å². The van der Waals surface area contributed by atoms with Crippen LogP contribution in [-0.2, 0) is 11.2 Å². The molecule has 1 amide bonds. The zero-order valence-corrected chi connectivity index (χ0v) is 14.4. The standard InChI is InChI=1S/C19H25N3O3/c20-9-8-15-4-6-16(7-5-15)25-14-19(24)22-12-10-21(11-13-22)17-2-1-3-18(17)23/h4-7,17-18,23H,1-3,8,10-14H2/t17-,18-/m0/s1. The topological polar surface area (TPSA) is 76.8 Å². The van der Waals surface area contributed by atoms with Crippen molar-refractivity contribution in [3.05, 3.63) is 29.8 Å². The average Bonchev–Trinajstić information content (AvgIpc) is 3.07. The molecule has 1 saturated carbocycles. The van der Waals surface area contributed by atoms with E-state index in [0.717, 1.165) is 37.9 Å². The van der Waals surface area contributed by atoms with E-state index in [1.165, 1.54) is 0 Å². The van der Waals surface area contributed by atoms with E-state index in [1.54, 1.807) is 12.1 Å². The molecule has 1 aliphatic heterocycles. The third kappa shape index (κ3) is 4.50. The van der Waals surface area contributed by atoms with Crippen LogP contribution in [0.2, 0.25) is 0 Å². The van der Waals surface area contributed by atoms with Crippen molar-refractivity contribution in [2.24, 2.45) is 0 Å². The number of nitrogens with zero attached hydrogens (tertiary/aromatic N) is 3. The number of amides is 1. The van der Waals surface area contributed by atoms with Crippen molar-refractivity contribution in [1.82, 2.24) is 9.80 Å². The van der Waals surface area contributed by atoms with Gasteiger partial charge in [-0.05, 0) is 37.0 Å². The number of carbonyl (C=O) groups excluding carboxylic acids is 1. The molecule has 1 heterocycles. The molecule has 6 heteroatoms. The van der Waals surface area contributed by atoms with Crippen LogP contribution < -0.4 is 4.74 Å². The molecule has 0 bridgehead atoms. The summed E-state index contributed by atoms with van der Waals surface area (Å²) in [4.78, 5) is 16.5. The first kappa shape index (κ1) is 17.7. The highest BCUT2D eigenvalue weighted by atomic mass is 16.5. The number of hydrogen-bond acceptors (Lipinski definition) is 5. The van der Waals surface area contributed by atoms with Crippen molar-refractivity contribution in [2.45, 2.75) is 37.8 Å². The minimum Gasteiger partial charge on any atom is -0.484 e. The van der Waals surface area contributed by atoms with Gasteiger partial charge in [-0.2, -0.15) is 5.26 Å². The van der Waals surface area contributed by atoms with Gasteiger partial charge in [0, 0.05) is 32.2 Å². The van der Waals surface area contributed by atoms with Crippen LogP contribution in [0.1, 0.15) is 24.8 Å². The molecule has 0 unspecified atom stereocenters. The lowest BCUT2D eigenvalue weighted by molar-refractivity contribution is -0.135. The number of benzene rings is 1. The summed E-state index contributed by atoms with van der Waals surface area (Å²) in [5, 5.41) is 18.7. The number of piperazine rings is 1. The monoisotopic (exact) mass is 343 g/mol. The fourth-order valence-electron chi connectivity index (χ4n) is 3.68. The predicted molar refractivity (Wildman–Crippen MR) is 93.1 cm³/mol. The normalized spacial score (nSPS) is 24.1. The number of aliphatic hydroxyl groups excluding tert-OH is 1. The number of carbonyl (C=O) groups is 1. The number of rotatable bonds is 5. The molecule has 2 fully saturated rings. The molecule has 1 saturated heterocycles. The molecular weight excluding hydrogens is 318 g/mol. The zero-order chi connectivity index (χ0) is 17.6. The van der Waals surface area contributed by atoms with Crippen LogP contribution in [0, 0.1) is 11.3 Å². The fraction of sp³-hybridized carbons (Fsp3) is 0.579. The van der Waals surface area contributed by atoms with Crippen LogP contribution in [0.15, 0.2) is 24.3 Å². The van der Waals surface area contributed by atoms with Crippen molar-refractivity contribution >= 4 is 5.91 Å². The highest BCUT2D eigenvalue weighted by Crippen LogP contribution is 2.25. The summed E-state index contributed by atoms with van der Waals surface area (Å²) in [5.74, 6) is 0.635. The van der Waals surface area contributed by atoms with Crippen LogP contribution >= 0.6 is 0 Å². The van der Waals surface area contributed by atoms with Gasteiger partial charge < -0.3 is 14.7 Å². The van der Waals surface area contributed by atoms with Crippen molar-refractivity contribution in [1.29, 1.82) is 5.26 Å².